The van der Waals surface area contributed by atoms with E-state index in [1.807, 2.05) is 0 Å². The predicted octanol–water partition coefficient (Wildman–Crippen LogP) is 2.86. The van der Waals surface area contributed by atoms with Crippen molar-refractivity contribution in [2.45, 2.75) is 24.1 Å². The molecule has 0 radical (unpaired) electrons. The Hall–Kier alpha value is -2.13. The quantitative estimate of drug-likeness (QED) is 0.828. The summed E-state index contributed by atoms with van der Waals surface area (Å²) in [6.45, 7) is 1.96. The summed E-state index contributed by atoms with van der Waals surface area (Å²) in [6, 6.07) is 8.65. The van der Waals surface area contributed by atoms with E-state index < -0.39 is 28.0 Å². The molecule has 9 heteroatoms. The molecule has 1 saturated heterocycles. The summed E-state index contributed by atoms with van der Waals surface area (Å²) in [5, 5.41) is 0. The molecule has 0 N–H and O–H groups in total. The molecule has 0 spiro atoms. The van der Waals surface area contributed by atoms with Gasteiger partial charge in [-0.2, -0.15) is 17.5 Å². The number of ether oxygens (including phenoxy) is 1. The lowest BCUT2D eigenvalue weighted by Gasteiger charge is -2.37. The molecular formula is C16H15F3N2O3S. The van der Waals surface area contributed by atoms with Crippen LogP contribution in [0.5, 0.6) is 5.75 Å². The van der Waals surface area contributed by atoms with Gasteiger partial charge >= 0.3 is 6.18 Å². The number of hydrogen-bond acceptors (Lipinski definition) is 4. The minimum absolute atomic E-state index is 0.0138. The summed E-state index contributed by atoms with van der Waals surface area (Å²) in [5.41, 5.74) is -0.223. The van der Waals surface area contributed by atoms with E-state index in [1.165, 1.54) is 16.4 Å². The van der Waals surface area contributed by atoms with Crippen LogP contribution in [0.3, 0.4) is 0 Å². The lowest BCUT2D eigenvalue weighted by atomic mass is 10.2. The zero-order valence-electron chi connectivity index (χ0n) is 13.2. The van der Waals surface area contributed by atoms with E-state index in [0.717, 1.165) is 17.8 Å². The lowest BCUT2D eigenvalue weighted by Crippen LogP contribution is -2.55. The van der Waals surface area contributed by atoms with Gasteiger partial charge in [0.1, 0.15) is 17.5 Å². The molecule has 2 heterocycles. The van der Waals surface area contributed by atoms with Crippen molar-refractivity contribution in [3.63, 3.8) is 0 Å². The molecule has 1 aliphatic heterocycles. The maximum Gasteiger partial charge on any atom is 0.433 e. The van der Waals surface area contributed by atoms with Gasteiger partial charge in [-0.15, -0.1) is 0 Å². The van der Waals surface area contributed by atoms with E-state index in [0.29, 0.717) is 0 Å². The van der Waals surface area contributed by atoms with Crippen LogP contribution in [0.25, 0.3) is 0 Å². The number of aryl methyl sites for hydroxylation is 1. The van der Waals surface area contributed by atoms with Gasteiger partial charge in [0.05, 0.1) is 18.0 Å². The molecule has 0 amide bonds. The monoisotopic (exact) mass is 372 g/mol. The highest BCUT2D eigenvalue weighted by atomic mass is 32.2. The van der Waals surface area contributed by atoms with Crippen LogP contribution < -0.4 is 4.74 Å². The Labute approximate surface area is 143 Å². The molecule has 0 aliphatic carbocycles. The van der Waals surface area contributed by atoms with Crippen LogP contribution in [0, 0.1) is 6.92 Å². The third-order valence-electron chi connectivity index (χ3n) is 3.77. The molecule has 5 nitrogen and oxygen atoms in total. The topological polar surface area (TPSA) is 59.5 Å². The van der Waals surface area contributed by atoms with Crippen molar-refractivity contribution in [1.29, 1.82) is 0 Å². The van der Waals surface area contributed by atoms with Gasteiger partial charge in [0.25, 0.3) is 0 Å². The first kappa shape index (κ1) is 17.7. The van der Waals surface area contributed by atoms with Crippen LogP contribution in [0.15, 0.2) is 47.5 Å². The van der Waals surface area contributed by atoms with Gasteiger partial charge in [-0.1, -0.05) is 12.1 Å². The lowest BCUT2D eigenvalue weighted by molar-refractivity contribution is -0.141. The number of sulfonamides is 1. The van der Waals surface area contributed by atoms with Crippen LogP contribution in [-0.2, 0) is 16.2 Å². The van der Waals surface area contributed by atoms with Gasteiger partial charge in [0.15, 0.2) is 0 Å². The Morgan fingerprint density at radius 2 is 1.92 bits per heavy atom. The third-order valence-corrected chi connectivity index (χ3v) is 5.59. The van der Waals surface area contributed by atoms with E-state index in [9.17, 15) is 21.6 Å². The van der Waals surface area contributed by atoms with Gasteiger partial charge in [0.2, 0.25) is 10.0 Å². The highest BCUT2D eigenvalue weighted by Crippen LogP contribution is 2.31. The fourth-order valence-electron chi connectivity index (χ4n) is 2.43. The van der Waals surface area contributed by atoms with Crippen molar-refractivity contribution >= 4 is 10.0 Å². The average molecular weight is 372 g/mol. The number of hydrogen-bond donors (Lipinski definition) is 0. The van der Waals surface area contributed by atoms with Gasteiger partial charge in [-0.05, 0) is 30.7 Å². The summed E-state index contributed by atoms with van der Waals surface area (Å²) in [6.07, 6.45) is -4.04. The first-order chi connectivity index (χ1) is 11.7. The van der Waals surface area contributed by atoms with Crippen molar-refractivity contribution in [3.8, 4) is 5.75 Å². The number of benzene rings is 1. The average Bonchev–Trinajstić information content (AvgIpc) is 2.50. The van der Waals surface area contributed by atoms with Crippen LogP contribution in [0.4, 0.5) is 13.2 Å². The molecule has 0 bridgehead atoms. The van der Waals surface area contributed by atoms with Gasteiger partial charge < -0.3 is 4.74 Å². The van der Waals surface area contributed by atoms with Crippen LogP contribution in [0.2, 0.25) is 0 Å². The molecule has 3 rings (SSSR count). The Kier molecular flexibility index (Phi) is 4.46. The molecule has 1 fully saturated rings. The smallest absolute Gasteiger partial charge is 0.433 e. The number of nitrogens with zero attached hydrogens (tertiary/aromatic N) is 2. The first-order valence-corrected chi connectivity index (χ1v) is 8.87. The van der Waals surface area contributed by atoms with Crippen molar-refractivity contribution in [3.05, 3.63) is 53.9 Å². The zero-order valence-corrected chi connectivity index (χ0v) is 14.0. The molecule has 134 valence electrons. The Morgan fingerprint density at radius 1 is 1.20 bits per heavy atom. The second-order valence-corrected chi connectivity index (χ2v) is 7.69. The summed E-state index contributed by atoms with van der Waals surface area (Å²) in [5.74, 6) is 0.0138. The Balaban J connectivity index is 1.65. The maximum atomic E-state index is 12.6. The number of rotatable bonds is 4. The normalized spacial score (nSPS) is 16.5. The Bertz CT molecular complexity index is 878. The molecular weight excluding hydrogens is 357 g/mol. The minimum atomic E-state index is -4.56. The standard InChI is InChI=1S/C16H15F3N2O3S/c1-11-3-2-4-14(7-11)25(22,23)21-9-13(10-21)24-12-5-6-20-15(8-12)16(17,18)19/h2-8,13H,9-10H2,1H3. The van der Waals surface area contributed by atoms with Crippen molar-refractivity contribution in [2.75, 3.05) is 13.1 Å². The van der Waals surface area contributed by atoms with Crippen molar-refractivity contribution in [1.82, 2.24) is 9.29 Å². The number of halogens is 3. The zero-order chi connectivity index (χ0) is 18.2. The minimum Gasteiger partial charge on any atom is -0.488 e. The third kappa shape index (κ3) is 3.77. The second kappa shape index (κ2) is 6.30. The van der Waals surface area contributed by atoms with Gasteiger partial charge in [-0.3, -0.25) is 4.98 Å². The molecule has 25 heavy (non-hydrogen) atoms. The predicted molar refractivity (Wildman–Crippen MR) is 83.6 cm³/mol. The summed E-state index contributed by atoms with van der Waals surface area (Å²) in [7, 11) is -3.62. The molecule has 1 aromatic heterocycles. The van der Waals surface area contributed by atoms with Crippen LogP contribution in [-0.4, -0.2) is 36.9 Å². The first-order valence-electron chi connectivity index (χ1n) is 7.43. The molecule has 0 unspecified atom stereocenters. The number of pyridine rings is 1. The highest BCUT2D eigenvalue weighted by Gasteiger charge is 2.39. The van der Waals surface area contributed by atoms with Gasteiger partial charge in [-0.25, -0.2) is 8.42 Å². The van der Waals surface area contributed by atoms with Crippen LogP contribution in [0.1, 0.15) is 11.3 Å². The molecule has 2 aromatic rings. The van der Waals surface area contributed by atoms with E-state index in [4.69, 9.17) is 4.74 Å². The molecule has 1 aromatic carbocycles. The summed E-state index contributed by atoms with van der Waals surface area (Å²) < 4.78 is 69.5. The van der Waals surface area contributed by atoms with E-state index in [1.54, 1.807) is 25.1 Å². The maximum absolute atomic E-state index is 12.6. The fraction of sp³-hybridized carbons (Fsp3) is 0.312. The largest absolute Gasteiger partial charge is 0.488 e. The summed E-state index contributed by atoms with van der Waals surface area (Å²) >= 11 is 0. The SMILES string of the molecule is Cc1cccc(S(=O)(=O)N2CC(Oc3ccnc(C(F)(F)F)c3)C2)c1. The molecule has 0 saturated carbocycles. The van der Waals surface area contributed by atoms with Crippen molar-refractivity contribution in [2.24, 2.45) is 0 Å². The Morgan fingerprint density at radius 3 is 2.56 bits per heavy atom. The number of alkyl halides is 3. The van der Waals surface area contributed by atoms with E-state index >= 15 is 0 Å². The van der Waals surface area contributed by atoms with Gasteiger partial charge in [0, 0.05) is 12.3 Å². The number of aromatic nitrogens is 1. The van der Waals surface area contributed by atoms with Crippen LogP contribution >= 0.6 is 0 Å². The molecule has 0 atom stereocenters. The fourth-order valence-corrected chi connectivity index (χ4v) is 4.04. The van der Waals surface area contributed by atoms with E-state index in [-0.39, 0.29) is 23.7 Å². The molecule has 1 aliphatic rings. The summed E-state index contributed by atoms with van der Waals surface area (Å²) in [4.78, 5) is 3.44. The highest BCUT2D eigenvalue weighted by molar-refractivity contribution is 7.89. The van der Waals surface area contributed by atoms with E-state index in [2.05, 4.69) is 4.98 Å². The van der Waals surface area contributed by atoms with Crippen molar-refractivity contribution < 1.29 is 26.3 Å². The second-order valence-electron chi connectivity index (χ2n) is 5.75.